The van der Waals surface area contributed by atoms with Gasteiger partial charge in [-0.2, -0.15) is 5.10 Å². The van der Waals surface area contributed by atoms with Crippen LogP contribution in [0.25, 0.3) is 33.2 Å². The number of hydrogen-bond acceptors (Lipinski definition) is 6. The van der Waals surface area contributed by atoms with Gasteiger partial charge < -0.3 is 15.3 Å². The van der Waals surface area contributed by atoms with E-state index in [4.69, 9.17) is 4.98 Å². The molecule has 0 radical (unpaired) electrons. The molecular formula is C23H23FN6O. The van der Waals surface area contributed by atoms with E-state index < -0.39 is 11.6 Å². The predicted octanol–water partition coefficient (Wildman–Crippen LogP) is 3.36. The molecule has 2 aliphatic rings. The summed E-state index contributed by atoms with van der Waals surface area (Å²) in [4.78, 5) is 11.8. The Morgan fingerprint density at radius 3 is 2.71 bits per heavy atom. The van der Waals surface area contributed by atoms with E-state index in [9.17, 15) is 9.50 Å². The van der Waals surface area contributed by atoms with Crippen molar-refractivity contribution in [2.75, 3.05) is 18.0 Å². The largest absolute Gasteiger partial charge is 0.504 e. The molecule has 0 bridgehead atoms. The highest BCUT2D eigenvalue weighted by Crippen LogP contribution is 2.36. The summed E-state index contributed by atoms with van der Waals surface area (Å²) in [6.45, 7) is 1.96. The molecule has 2 N–H and O–H groups in total. The predicted molar refractivity (Wildman–Crippen MR) is 118 cm³/mol. The monoisotopic (exact) mass is 418 g/mol. The number of nitrogens with one attached hydrogen (secondary N) is 1. The fraction of sp³-hybridized carbons (Fsp3) is 0.348. The smallest absolute Gasteiger partial charge is 0.193 e. The van der Waals surface area contributed by atoms with Gasteiger partial charge in [-0.25, -0.2) is 14.4 Å². The molecule has 1 aliphatic heterocycles. The van der Waals surface area contributed by atoms with Gasteiger partial charge in [0.25, 0.3) is 0 Å². The average Bonchev–Trinajstić information content (AvgIpc) is 3.32. The number of benzene rings is 1. The summed E-state index contributed by atoms with van der Waals surface area (Å²) in [6, 6.07) is 10.5. The van der Waals surface area contributed by atoms with Crippen LogP contribution in [0.5, 0.6) is 5.75 Å². The number of phenolic OH excluding ortho intramolecular Hbond substituents is 1. The quantitative estimate of drug-likeness (QED) is 0.529. The third-order valence-corrected chi connectivity index (χ3v) is 6.19. The second kappa shape index (κ2) is 6.88. The topological polar surface area (TPSA) is 79.1 Å². The lowest BCUT2D eigenvalue weighted by Gasteiger charge is -2.18. The minimum atomic E-state index is -0.730. The summed E-state index contributed by atoms with van der Waals surface area (Å²) in [7, 11) is 1.72. The molecule has 0 spiro atoms. The number of aromatic hydroxyl groups is 1. The fourth-order valence-electron chi connectivity index (χ4n) is 4.45. The van der Waals surface area contributed by atoms with Crippen molar-refractivity contribution < 1.29 is 9.50 Å². The van der Waals surface area contributed by atoms with E-state index in [0.29, 0.717) is 34.2 Å². The molecule has 1 saturated carbocycles. The van der Waals surface area contributed by atoms with Crippen molar-refractivity contribution in [1.82, 2.24) is 25.1 Å². The summed E-state index contributed by atoms with van der Waals surface area (Å²) in [6.07, 6.45) is 5.45. The molecule has 0 amide bonds. The molecule has 4 heterocycles. The standard InChI is InChI=1S/C23H23FN6O/c1-29-11-13-10-16(23(31)21(24)22(13)28-29)17-4-5-19-18(26-17)6-7-20(27-19)30-9-8-15(12-30)25-14-2-3-14/h4-7,10-11,14-15,25,31H,2-3,8-9,12H2,1H3. The van der Waals surface area contributed by atoms with Crippen molar-refractivity contribution in [3.8, 4) is 17.0 Å². The van der Waals surface area contributed by atoms with Crippen LogP contribution in [0, 0.1) is 5.82 Å². The lowest BCUT2D eigenvalue weighted by molar-refractivity contribution is 0.437. The van der Waals surface area contributed by atoms with Gasteiger partial charge in [-0.15, -0.1) is 0 Å². The molecule has 1 aliphatic carbocycles. The van der Waals surface area contributed by atoms with Crippen molar-refractivity contribution in [3.05, 3.63) is 42.3 Å². The molecule has 31 heavy (non-hydrogen) atoms. The lowest BCUT2D eigenvalue weighted by Crippen LogP contribution is -2.34. The Kier molecular flexibility index (Phi) is 4.11. The first-order valence-electron chi connectivity index (χ1n) is 10.7. The Morgan fingerprint density at radius 2 is 1.87 bits per heavy atom. The van der Waals surface area contributed by atoms with Crippen LogP contribution < -0.4 is 10.2 Å². The molecule has 1 aromatic carbocycles. The molecule has 6 rings (SSSR count). The second-order valence-electron chi connectivity index (χ2n) is 8.60. The summed E-state index contributed by atoms with van der Waals surface area (Å²) in [5.41, 5.74) is 2.48. The second-order valence-corrected chi connectivity index (χ2v) is 8.60. The van der Waals surface area contributed by atoms with Gasteiger partial charge in [0.2, 0.25) is 0 Å². The highest BCUT2D eigenvalue weighted by Gasteiger charge is 2.29. The van der Waals surface area contributed by atoms with Crippen molar-refractivity contribution in [3.63, 3.8) is 0 Å². The van der Waals surface area contributed by atoms with E-state index in [-0.39, 0.29) is 5.52 Å². The fourth-order valence-corrected chi connectivity index (χ4v) is 4.45. The highest BCUT2D eigenvalue weighted by molar-refractivity contribution is 5.89. The molecule has 1 saturated heterocycles. The van der Waals surface area contributed by atoms with Crippen molar-refractivity contribution in [1.29, 1.82) is 0 Å². The molecule has 1 atom stereocenters. The van der Waals surface area contributed by atoms with E-state index in [1.54, 1.807) is 25.4 Å². The number of hydrogen-bond donors (Lipinski definition) is 2. The van der Waals surface area contributed by atoms with Crippen LogP contribution in [-0.2, 0) is 7.05 Å². The molecular weight excluding hydrogens is 395 g/mol. The van der Waals surface area contributed by atoms with E-state index in [1.165, 1.54) is 17.5 Å². The van der Waals surface area contributed by atoms with Gasteiger partial charge in [0.1, 0.15) is 11.3 Å². The van der Waals surface area contributed by atoms with E-state index >= 15 is 0 Å². The van der Waals surface area contributed by atoms with E-state index in [0.717, 1.165) is 30.8 Å². The first kappa shape index (κ1) is 18.5. The molecule has 4 aromatic rings. The summed E-state index contributed by atoms with van der Waals surface area (Å²) in [5.74, 6) is -0.214. The maximum absolute atomic E-state index is 14.6. The van der Waals surface area contributed by atoms with Gasteiger partial charge in [-0.3, -0.25) is 4.68 Å². The van der Waals surface area contributed by atoms with Gasteiger partial charge in [-0.1, -0.05) is 0 Å². The molecule has 7 nitrogen and oxygen atoms in total. The van der Waals surface area contributed by atoms with Crippen LogP contribution in [0.2, 0.25) is 0 Å². The highest BCUT2D eigenvalue weighted by atomic mass is 19.1. The Morgan fingerprint density at radius 1 is 1.06 bits per heavy atom. The Hall–Kier alpha value is -3.26. The Balaban J connectivity index is 1.32. The van der Waals surface area contributed by atoms with Crippen LogP contribution in [0.4, 0.5) is 10.2 Å². The lowest BCUT2D eigenvalue weighted by atomic mass is 10.1. The maximum atomic E-state index is 14.6. The number of pyridine rings is 2. The van der Waals surface area contributed by atoms with Crippen molar-refractivity contribution in [2.45, 2.75) is 31.3 Å². The Labute approximate surface area is 178 Å². The molecule has 1 unspecified atom stereocenters. The number of nitrogens with zero attached hydrogens (tertiary/aromatic N) is 5. The van der Waals surface area contributed by atoms with Crippen LogP contribution in [0.1, 0.15) is 19.3 Å². The zero-order valence-corrected chi connectivity index (χ0v) is 17.2. The zero-order valence-electron chi connectivity index (χ0n) is 17.2. The van der Waals surface area contributed by atoms with Gasteiger partial charge in [-0.05, 0) is 49.6 Å². The van der Waals surface area contributed by atoms with E-state index in [1.807, 2.05) is 18.2 Å². The van der Waals surface area contributed by atoms with Crippen molar-refractivity contribution >= 4 is 27.8 Å². The van der Waals surface area contributed by atoms with Gasteiger partial charge in [0.15, 0.2) is 11.6 Å². The Bertz CT molecular complexity index is 1310. The number of aryl methyl sites for hydroxylation is 1. The minimum Gasteiger partial charge on any atom is -0.504 e. The summed E-state index contributed by atoms with van der Waals surface area (Å²) >= 11 is 0. The molecule has 8 heteroatoms. The summed E-state index contributed by atoms with van der Waals surface area (Å²) < 4.78 is 16.2. The SMILES string of the molecule is Cn1cc2cc(-c3ccc4nc(N5CCC(NC6CC6)C5)ccc4n3)c(O)c(F)c2n1. The van der Waals surface area contributed by atoms with Gasteiger partial charge in [0, 0.05) is 49.4 Å². The van der Waals surface area contributed by atoms with E-state index in [2.05, 4.69) is 20.3 Å². The van der Waals surface area contributed by atoms with Crippen LogP contribution in [-0.4, -0.2) is 50.0 Å². The average molecular weight is 418 g/mol. The number of rotatable bonds is 4. The van der Waals surface area contributed by atoms with Crippen LogP contribution in [0.15, 0.2) is 36.5 Å². The molecule has 2 fully saturated rings. The van der Waals surface area contributed by atoms with Gasteiger partial charge >= 0.3 is 0 Å². The minimum absolute atomic E-state index is 0.149. The van der Waals surface area contributed by atoms with Crippen molar-refractivity contribution in [2.24, 2.45) is 7.05 Å². The maximum Gasteiger partial charge on any atom is 0.193 e. The number of anilines is 1. The number of halogens is 1. The number of fused-ring (bicyclic) bond motifs is 2. The molecule has 158 valence electrons. The third-order valence-electron chi connectivity index (χ3n) is 6.19. The summed E-state index contributed by atoms with van der Waals surface area (Å²) in [5, 5.41) is 18.8. The molecule has 3 aromatic heterocycles. The number of phenols is 1. The normalized spacial score (nSPS) is 19.0. The van der Waals surface area contributed by atoms with Gasteiger partial charge in [0.05, 0.1) is 16.7 Å². The first-order valence-corrected chi connectivity index (χ1v) is 10.7. The zero-order chi connectivity index (χ0) is 21.1. The first-order chi connectivity index (χ1) is 15.0. The third kappa shape index (κ3) is 3.27. The number of aromatic nitrogens is 4. The van der Waals surface area contributed by atoms with Crippen LogP contribution >= 0.6 is 0 Å². The van der Waals surface area contributed by atoms with Crippen LogP contribution in [0.3, 0.4) is 0 Å².